The van der Waals surface area contributed by atoms with Crippen LogP contribution in [0.4, 0.5) is 4.39 Å². The smallest absolute Gasteiger partial charge is 0.254 e. The Balaban J connectivity index is 1.19. The number of nitrogens with one attached hydrogen (secondary N) is 2. The normalized spacial score (nSPS) is 26.5. The van der Waals surface area contributed by atoms with Crippen molar-refractivity contribution in [2.24, 2.45) is 5.92 Å². The number of piperazine rings is 1. The fourth-order valence-corrected chi connectivity index (χ4v) is 5.39. The Morgan fingerprint density at radius 2 is 1.81 bits per heavy atom. The highest BCUT2D eigenvalue weighted by Gasteiger charge is 2.30. The molecule has 31 heavy (non-hydrogen) atoms. The van der Waals surface area contributed by atoms with Gasteiger partial charge in [0.15, 0.2) is 0 Å². The number of benzene rings is 1. The van der Waals surface area contributed by atoms with E-state index in [-0.39, 0.29) is 17.5 Å². The first-order valence-electron chi connectivity index (χ1n) is 11.9. The van der Waals surface area contributed by atoms with Crippen molar-refractivity contribution in [2.75, 3.05) is 52.9 Å². The quantitative estimate of drug-likeness (QED) is 0.723. The van der Waals surface area contributed by atoms with Gasteiger partial charge in [-0.2, -0.15) is 0 Å². The Morgan fingerprint density at radius 1 is 1.10 bits per heavy atom. The van der Waals surface area contributed by atoms with Crippen LogP contribution in [0, 0.1) is 11.7 Å². The molecule has 2 N–H and O–H groups in total. The van der Waals surface area contributed by atoms with Crippen LogP contribution >= 0.6 is 0 Å². The van der Waals surface area contributed by atoms with E-state index in [2.05, 4.69) is 20.4 Å². The number of carbonyl (C=O) groups is 1. The van der Waals surface area contributed by atoms with Crippen molar-refractivity contribution >= 4 is 5.91 Å². The van der Waals surface area contributed by atoms with E-state index in [1.165, 1.54) is 70.9 Å². The van der Waals surface area contributed by atoms with Crippen molar-refractivity contribution in [3.63, 3.8) is 0 Å². The maximum atomic E-state index is 14.1. The zero-order valence-corrected chi connectivity index (χ0v) is 18.7. The maximum Gasteiger partial charge on any atom is 0.254 e. The fraction of sp³-hybridized carbons (Fsp3) is 0.708. The van der Waals surface area contributed by atoms with E-state index in [9.17, 15) is 9.18 Å². The molecule has 3 fully saturated rings. The van der Waals surface area contributed by atoms with E-state index in [0.717, 1.165) is 44.7 Å². The van der Waals surface area contributed by atoms with Gasteiger partial charge in [-0.3, -0.25) is 9.69 Å². The van der Waals surface area contributed by atoms with Gasteiger partial charge in [0, 0.05) is 44.8 Å². The molecule has 0 aromatic heterocycles. The summed E-state index contributed by atoms with van der Waals surface area (Å²) >= 11 is 0. The largest absolute Gasteiger partial charge is 0.497 e. The van der Waals surface area contributed by atoms with E-state index >= 15 is 0 Å². The van der Waals surface area contributed by atoms with Crippen LogP contribution in [0.2, 0.25) is 0 Å². The standard InChI is InChI=1S/C24H37FN4O2/c1-31-21-6-7-23(25)22(16-21)24(30)27-19-2-4-20(5-3-19)29-14-12-28(13-15-29)17-18-8-10-26-11-9-18/h6-7,16,18-20,26H,2-5,8-15,17H2,1H3,(H,27,30). The molecule has 2 heterocycles. The van der Waals surface area contributed by atoms with Gasteiger partial charge in [-0.05, 0) is 75.7 Å². The van der Waals surface area contributed by atoms with Crippen LogP contribution in [0.1, 0.15) is 48.9 Å². The summed E-state index contributed by atoms with van der Waals surface area (Å²) in [7, 11) is 1.52. The minimum absolute atomic E-state index is 0.0614. The van der Waals surface area contributed by atoms with E-state index in [1.54, 1.807) is 0 Å². The number of hydrogen-bond donors (Lipinski definition) is 2. The summed E-state index contributed by atoms with van der Waals surface area (Å²) in [5, 5.41) is 6.49. The summed E-state index contributed by atoms with van der Waals surface area (Å²) in [6, 6.07) is 5.02. The van der Waals surface area contributed by atoms with Gasteiger partial charge < -0.3 is 20.3 Å². The van der Waals surface area contributed by atoms with Gasteiger partial charge >= 0.3 is 0 Å². The van der Waals surface area contributed by atoms with Gasteiger partial charge in [0.2, 0.25) is 0 Å². The molecule has 6 nitrogen and oxygen atoms in total. The molecule has 0 atom stereocenters. The number of ether oxygens (including phenoxy) is 1. The highest BCUT2D eigenvalue weighted by atomic mass is 19.1. The van der Waals surface area contributed by atoms with Gasteiger partial charge in [0.25, 0.3) is 5.91 Å². The number of methoxy groups -OCH3 is 1. The molecule has 1 aromatic carbocycles. The monoisotopic (exact) mass is 432 g/mol. The predicted octanol–water partition coefficient (Wildman–Crippen LogP) is 2.49. The van der Waals surface area contributed by atoms with Crippen LogP contribution in [0.3, 0.4) is 0 Å². The summed E-state index contributed by atoms with van der Waals surface area (Å²) in [5.41, 5.74) is 0.0614. The van der Waals surface area contributed by atoms with Crippen molar-refractivity contribution in [3.8, 4) is 5.75 Å². The molecule has 0 spiro atoms. The first kappa shape index (κ1) is 22.5. The maximum absolute atomic E-state index is 14.1. The number of carbonyl (C=O) groups excluding carboxylic acids is 1. The molecular weight excluding hydrogens is 395 g/mol. The molecule has 1 saturated carbocycles. The minimum Gasteiger partial charge on any atom is -0.497 e. The molecule has 0 radical (unpaired) electrons. The first-order valence-corrected chi connectivity index (χ1v) is 11.9. The van der Waals surface area contributed by atoms with Crippen LogP contribution in [-0.2, 0) is 0 Å². The van der Waals surface area contributed by atoms with E-state index in [4.69, 9.17) is 4.74 Å². The SMILES string of the molecule is COc1ccc(F)c(C(=O)NC2CCC(N3CCN(CC4CCNCC4)CC3)CC2)c1. The lowest BCUT2D eigenvalue weighted by atomic mass is 9.89. The number of amides is 1. The Morgan fingerprint density at radius 3 is 2.48 bits per heavy atom. The van der Waals surface area contributed by atoms with Crippen molar-refractivity contribution < 1.29 is 13.9 Å². The summed E-state index contributed by atoms with van der Waals surface area (Å²) < 4.78 is 19.2. The van der Waals surface area contributed by atoms with Crippen molar-refractivity contribution in [1.82, 2.24) is 20.4 Å². The minimum atomic E-state index is -0.505. The average Bonchev–Trinajstić information content (AvgIpc) is 2.81. The van der Waals surface area contributed by atoms with Gasteiger partial charge in [-0.25, -0.2) is 4.39 Å². The zero-order valence-electron chi connectivity index (χ0n) is 18.7. The molecule has 2 aliphatic heterocycles. The molecule has 1 aliphatic carbocycles. The second-order valence-electron chi connectivity index (χ2n) is 9.35. The predicted molar refractivity (Wildman–Crippen MR) is 120 cm³/mol. The third-order valence-electron chi connectivity index (χ3n) is 7.35. The Kier molecular flexibility index (Phi) is 7.80. The number of nitrogens with zero attached hydrogens (tertiary/aromatic N) is 2. The molecule has 0 unspecified atom stereocenters. The Labute approximate surface area is 185 Å². The van der Waals surface area contributed by atoms with Crippen LogP contribution < -0.4 is 15.4 Å². The van der Waals surface area contributed by atoms with Crippen molar-refractivity contribution in [3.05, 3.63) is 29.6 Å². The van der Waals surface area contributed by atoms with Crippen molar-refractivity contribution in [1.29, 1.82) is 0 Å². The van der Waals surface area contributed by atoms with E-state index in [0.29, 0.717) is 11.8 Å². The van der Waals surface area contributed by atoms with Crippen LogP contribution in [0.5, 0.6) is 5.75 Å². The molecule has 0 bridgehead atoms. The number of rotatable bonds is 6. The Hall–Kier alpha value is -1.70. The van der Waals surface area contributed by atoms with E-state index in [1.807, 2.05) is 0 Å². The van der Waals surface area contributed by atoms with Crippen LogP contribution in [0.15, 0.2) is 18.2 Å². The molecule has 4 rings (SSSR count). The number of hydrogen-bond acceptors (Lipinski definition) is 5. The molecule has 1 aromatic rings. The third-order valence-corrected chi connectivity index (χ3v) is 7.35. The van der Waals surface area contributed by atoms with E-state index < -0.39 is 5.82 Å². The number of halogens is 1. The van der Waals surface area contributed by atoms with Crippen molar-refractivity contribution in [2.45, 2.75) is 50.6 Å². The molecule has 172 valence electrons. The van der Waals surface area contributed by atoms with Crippen LogP contribution in [0.25, 0.3) is 0 Å². The molecule has 2 saturated heterocycles. The highest BCUT2D eigenvalue weighted by Crippen LogP contribution is 2.25. The fourth-order valence-electron chi connectivity index (χ4n) is 5.39. The summed E-state index contributed by atoms with van der Waals surface area (Å²) in [5.74, 6) is 0.511. The molecule has 7 heteroatoms. The summed E-state index contributed by atoms with van der Waals surface area (Å²) in [4.78, 5) is 17.9. The lowest BCUT2D eigenvalue weighted by Crippen LogP contribution is -2.53. The van der Waals surface area contributed by atoms with Gasteiger partial charge in [0.05, 0.1) is 12.7 Å². The second kappa shape index (κ2) is 10.7. The lowest BCUT2D eigenvalue weighted by molar-refractivity contribution is 0.0623. The second-order valence-corrected chi connectivity index (χ2v) is 9.35. The van der Waals surface area contributed by atoms with Gasteiger partial charge in [-0.1, -0.05) is 0 Å². The first-order chi connectivity index (χ1) is 15.1. The molecular formula is C24H37FN4O2. The average molecular weight is 433 g/mol. The zero-order chi connectivity index (χ0) is 21.6. The van der Waals surface area contributed by atoms with Crippen LogP contribution in [-0.4, -0.2) is 80.7 Å². The highest BCUT2D eigenvalue weighted by molar-refractivity contribution is 5.95. The topological polar surface area (TPSA) is 56.8 Å². The van der Waals surface area contributed by atoms with Gasteiger partial charge in [-0.15, -0.1) is 0 Å². The Bertz CT molecular complexity index is 724. The number of piperidine rings is 1. The molecule has 3 aliphatic rings. The summed E-state index contributed by atoms with van der Waals surface area (Å²) in [6.45, 7) is 8.27. The van der Waals surface area contributed by atoms with Gasteiger partial charge in [0.1, 0.15) is 11.6 Å². The third kappa shape index (κ3) is 5.96. The molecule has 1 amide bonds. The summed E-state index contributed by atoms with van der Waals surface area (Å²) in [6.07, 6.45) is 6.74. The lowest BCUT2D eigenvalue weighted by Gasteiger charge is -2.43.